The van der Waals surface area contributed by atoms with E-state index in [-0.39, 0.29) is 35.4 Å². The quantitative estimate of drug-likeness (QED) is 0.565. The fourth-order valence-corrected chi connectivity index (χ4v) is 4.24. The summed E-state index contributed by atoms with van der Waals surface area (Å²) in [4.78, 5) is 22.3. The van der Waals surface area contributed by atoms with Gasteiger partial charge in [-0.2, -0.15) is 13.2 Å². The first-order valence-electron chi connectivity index (χ1n) is 11.3. The van der Waals surface area contributed by atoms with Crippen LogP contribution in [0.1, 0.15) is 62.9 Å². The van der Waals surface area contributed by atoms with Crippen molar-refractivity contribution in [2.24, 2.45) is 5.41 Å². The average molecular weight is 482 g/mol. The summed E-state index contributed by atoms with van der Waals surface area (Å²) in [6.07, 6.45) is -1.15. The number of carbonyl (C=O) groups is 1. The SMILES string of the molecule is CNC(=O)[C@@H](CC(C)(C)C)NCc1ncnc(N2CCCC2c2ccc(C(F)(F)F)cc2)c1F. The van der Waals surface area contributed by atoms with Crippen molar-refractivity contribution in [3.63, 3.8) is 0 Å². The monoisotopic (exact) mass is 481 g/mol. The highest BCUT2D eigenvalue weighted by Crippen LogP contribution is 2.38. The summed E-state index contributed by atoms with van der Waals surface area (Å²) in [6.45, 7) is 6.61. The summed E-state index contributed by atoms with van der Waals surface area (Å²) in [6, 6.07) is 4.17. The van der Waals surface area contributed by atoms with Crippen LogP contribution in [-0.2, 0) is 17.5 Å². The molecule has 0 spiro atoms. The molecule has 1 unspecified atom stereocenters. The second kappa shape index (κ2) is 10.2. The third kappa shape index (κ3) is 6.22. The highest BCUT2D eigenvalue weighted by Gasteiger charge is 2.33. The van der Waals surface area contributed by atoms with Gasteiger partial charge in [0.15, 0.2) is 11.6 Å². The van der Waals surface area contributed by atoms with Gasteiger partial charge in [0.2, 0.25) is 5.91 Å². The van der Waals surface area contributed by atoms with Crippen molar-refractivity contribution >= 4 is 11.7 Å². The number of aromatic nitrogens is 2. The number of hydrogen-bond donors (Lipinski definition) is 2. The number of benzene rings is 1. The van der Waals surface area contributed by atoms with Gasteiger partial charge in [-0.15, -0.1) is 0 Å². The van der Waals surface area contributed by atoms with E-state index in [2.05, 4.69) is 20.6 Å². The zero-order valence-electron chi connectivity index (χ0n) is 19.8. The van der Waals surface area contributed by atoms with Crippen LogP contribution in [0.15, 0.2) is 30.6 Å². The van der Waals surface area contributed by atoms with Crippen LogP contribution in [-0.4, -0.2) is 35.5 Å². The van der Waals surface area contributed by atoms with E-state index in [1.54, 1.807) is 11.9 Å². The van der Waals surface area contributed by atoms with Crippen molar-refractivity contribution in [2.45, 2.75) is 64.8 Å². The van der Waals surface area contributed by atoms with Crippen LogP contribution in [0.2, 0.25) is 0 Å². The number of likely N-dealkylation sites (N-methyl/N-ethyl adjacent to an activating group) is 1. The van der Waals surface area contributed by atoms with Gasteiger partial charge in [0.05, 0.1) is 23.3 Å². The number of nitrogens with one attached hydrogen (secondary N) is 2. The lowest BCUT2D eigenvalue weighted by Gasteiger charge is -2.28. The molecule has 6 nitrogen and oxygen atoms in total. The van der Waals surface area contributed by atoms with Gasteiger partial charge in [-0.1, -0.05) is 32.9 Å². The van der Waals surface area contributed by atoms with E-state index in [1.165, 1.54) is 18.5 Å². The Morgan fingerprint density at radius 2 is 1.85 bits per heavy atom. The highest BCUT2D eigenvalue weighted by molar-refractivity contribution is 5.81. The number of carbonyl (C=O) groups excluding carboxylic acids is 1. The molecule has 2 N–H and O–H groups in total. The number of alkyl halides is 3. The Kier molecular flexibility index (Phi) is 7.80. The zero-order valence-corrected chi connectivity index (χ0v) is 19.8. The molecule has 1 saturated heterocycles. The number of rotatable bonds is 7. The summed E-state index contributed by atoms with van der Waals surface area (Å²) in [5, 5.41) is 5.72. The molecule has 0 saturated carbocycles. The lowest BCUT2D eigenvalue weighted by molar-refractivity contribution is -0.137. The molecule has 10 heteroatoms. The first-order chi connectivity index (χ1) is 15.9. The average Bonchev–Trinajstić information content (AvgIpc) is 3.25. The maximum Gasteiger partial charge on any atom is 0.416 e. The molecule has 1 aliphatic heterocycles. The second-order valence-electron chi connectivity index (χ2n) is 9.74. The van der Waals surface area contributed by atoms with Crippen LogP contribution < -0.4 is 15.5 Å². The maximum atomic E-state index is 15.4. The van der Waals surface area contributed by atoms with Crippen LogP contribution in [0.3, 0.4) is 0 Å². The summed E-state index contributed by atoms with van der Waals surface area (Å²) in [5.74, 6) is -0.673. The van der Waals surface area contributed by atoms with E-state index in [0.717, 1.165) is 18.6 Å². The fourth-order valence-electron chi connectivity index (χ4n) is 4.24. The number of nitrogens with zero attached hydrogens (tertiary/aromatic N) is 3. The third-order valence-electron chi connectivity index (χ3n) is 5.89. The van der Waals surface area contributed by atoms with Crippen molar-refractivity contribution in [3.05, 3.63) is 53.2 Å². The molecular weight excluding hydrogens is 450 g/mol. The van der Waals surface area contributed by atoms with Gasteiger partial charge >= 0.3 is 6.18 Å². The van der Waals surface area contributed by atoms with E-state index < -0.39 is 23.6 Å². The Morgan fingerprint density at radius 3 is 2.44 bits per heavy atom. The standard InChI is InChI=1S/C24H31F4N5O/c1-23(2,3)12-17(22(34)29-4)30-13-18-20(25)21(32-14-31-18)33-11-5-6-19(33)15-7-9-16(10-8-15)24(26,27)28/h7-10,14,17,19,30H,5-6,11-13H2,1-4H3,(H,29,34)/t17-,19?/m1/s1. The lowest BCUT2D eigenvalue weighted by atomic mass is 9.87. The second-order valence-corrected chi connectivity index (χ2v) is 9.74. The highest BCUT2D eigenvalue weighted by atomic mass is 19.4. The number of halogens is 4. The Balaban J connectivity index is 1.80. The molecule has 1 aromatic carbocycles. The van der Waals surface area contributed by atoms with Gasteiger partial charge < -0.3 is 15.5 Å². The van der Waals surface area contributed by atoms with Crippen LogP contribution in [0.4, 0.5) is 23.4 Å². The Labute approximate surface area is 197 Å². The topological polar surface area (TPSA) is 70.1 Å². The van der Waals surface area contributed by atoms with E-state index in [0.29, 0.717) is 24.9 Å². The van der Waals surface area contributed by atoms with Crippen molar-refractivity contribution in [1.82, 2.24) is 20.6 Å². The molecule has 34 heavy (non-hydrogen) atoms. The smallest absolute Gasteiger partial charge is 0.358 e. The number of anilines is 1. The van der Waals surface area contributed by atoms with Gasteiger partial charge in [-0.25, -0.2) is 14.4 Å². The van der Waals surface area contributed by atoms with E-state index in [4.69, 9.17) is 0 Å². The van der Waals surface area contributed by atoms with Gasteiger partial charge in [0, 0.05) is 20.1 Å². The molecule has 2 aromatic rings. The normalized spacial score (nSPS) is 17.6. The fraction of sp³-hybridized carbons (Fsp3) is 0.542. The largest absolute Gasteiger partial charge is 0.416 e. The summed E-state index contributed by atoms with van der Waals surface area (Å²) >= 11 is 0. The van der Waals surface area contributed by atoms with Crippen molar-refractivity contribution in [3.8, 4) is 0 Å². The lowest BCUT2D eigenvalue weighted by Crippen LogP contribution is -2.45. The molecule has 186 valence electrons. The molecule has 0 radical (unpaired) electrons. The minimum atomic E-state index is -4.41. The Hall–Kier alpha value is -2.75. The molecule has 3 rings (SSSR count). The van der Waals surface area contributed by atoms with E-state index in [9.17, 15) is 18.0 Å². The van der Waals surface area contributed by atoms with Gasteiger partial charge in [-0.05, 0) is 42.4 Å². The minimum absolute atomic E-state index is 0.0360. The predicted octanol–water partition coefficient (Wildman–Crippen LogP) is 4.62. The number of hydrogen-bond acceptors (Lipinski definition) is 5. The van der Waals surface area contributed by atoms with Gasteiger partial charge in [0.25, 0.3) is 0 Å². The van der Waals surface area contributed by atoms with Crippen LogP contribution in [0, 0.1) is 11.2 Å². The molecule has 2 heterocycles. The Morgan fingerprint density at radius 1 is 1.18 bits per heavy atom. The van der Waals surface area contributed by atoms with E-state index in [1.807, 2.05) is 20.8 Å². The predicted molar refractivity (Wildman–Crippen MR) is 122 cm³/mol. The summed E-state index contributed by atoms with van der Waals surface area (Å²) < 4.78 is 54.2. The molecule has 1 aliphatic rings. The summed E-state index contributed by atoms with van der Waals surface area (Å²) in [5.41, 5.74) is -0.0356. The zero-order chi connectivity index (χ0) is 25.1. The third-order valence-corrected chi connectivity index (χ3v) is 5.89. The van der Waals surface area contributed by atoms with Gasteiger partial charge in [-0.3, -0.25) is 4.79 Å². The van der Waals surface area contributed by atoms with Crippen LogP contribution >= 0.6 is 0 Å². The molecule has 1 aromatic heterocycles. The summed E-state index contributed by atoms with van der Waals surface area (Å²) in [7, 11) is 1.55. The first kappa shape index (κ1) is 25.9. The first-order valence-corrected chi connectivity index (χ1v) is 11.3. The molecular formula is C24H31F4N5O. The van der Waals surface area contributed by atoms with E-state index >= 15 is 4.39 Å². The molecule has 1 fully saturated rings. The van der Waals surface area contributed by atoms with Crippen molar-refractivity contribution in [1.29, 1.82) is 0 Å². The van der Waals surface area contributed by atoms with Crippen LogP contribution in [0.25, 0.3) is 0 Å². The molecule has 1 amide bonds. The maximum absolute atomic E-state index is 15.4. The Bertz CT molecular complexity index is 988. The van der Waals surface area contributed by atoms with Crippen LogP contribution in [0.5, 0.6) is 0 Å². The minimum Gasteiger partial charge on any atom is -0.358 e. The molecule has 0 bridgehead atoms. The number of amides is 1. The van der Waals surface area contributed by atoms with Crippen molar-refractivity contribution in [2.75, 3.05) is 18.5 Å². The molecule has 2 atom stereocenters. The van der Waals surface area contributed by atoms with Crippen molar-refractivity contribution < 1.29 is 22.4 Å². The van der Waals surface area contributed by atoms with Gasteiger partial charge in [0.1, 0.15) is 6.33 Å². The molecule has 0 aliphatic carbocycles.